The van der Waals surface area contributed by atoms with Gasteiger partial charge in [-0.3, -0.25) is 9.36 Å². The van der Waals surface area contributed by atoms with Crippen LogP contribution in [0.3, 0.4) is 0 Å². The first kappa shape index (κ1) is 24.7. The maximum Gasteiger partial charge on any atom is 0.332 e. The molecule has 1 aromatic carbocycles. The van der Waals surface area contributed by atoms with Crippen molar-refractivity contribution in [3.63, 3.8) is 0 Å². The molecule has 4 aromatic rings. The molecule has 0 bridgehead atoms. The Bertz CT molecular complexity index is 1510. The molecule has 0 spiro atoms. The number of rotatable bonds is 8. The molecule has 0 aliphatic carbocycles. The summed E-state index contributed by atoms with van der Waals surface area (Å²) in [4.78, 5) is 31.5. The number of thioether (sulfide) groups is 1. The summed E-state index contributed by atoms with van der Waals surface area (Å²) in [5.74, 6) is 0.486. The van der Waals surface area contributed by atoms with Crippen molar-refractivity contribution < 1.29 is 4.42 Å². The fraction of sp³-hybridized carbons (Fsp3) is 0.375. The Kier molecular flexibility index (Phi) is 6.82. The van der Waals surface area contributed by atoms with Crippen LogP contribution in [0.2, 0.25) is 0 Å². The lowest BCUT2D eigenvalue weighted by Gasteiger charge is -2.21. The molecule has 184 valence electrons. The van der Waals surface area contributed by atoms with Crippen LogP contribution in [0.1, 0.15) is 33.6 Å². The van der Waals surface area contributed by atoms with Gasteiger partial charge in [-0.1, -0.05) is 41.6 Å². The van der Waals surface area contributed by atoms with Gasteiger partial charge >= 0.3 is 5.69 Å². The fourth-order valence-electron chi connectivity index (χ4n) is 3.45. The zero-order valence-corrected chi connectivity index (χ0v) is 21.3. The van der Waals surface area contributed by atoms with Gasteiger partial charge in [0.15, 0.2) is 16.3 Å². The molecule has 0 saturated carbocycles. The summed E-state index contributed by atoms with van der Waals surface area (Å²) in [5, 5.41) is 8.74. The van der Waals surface area contributed by atoms with Gasteiger partial charge < -0.3 is 14.7 Å². The second-order valence-electron chi connectivity index (χ2n) is 9.12. The lowest BCUT2D eigenvalue weighted by Crippen LogP contribution is -2.40. The molecule has 0 atom stereocenters. The summed E-state index contributed by atoms with van der Waals surface area (Å²) in [7, 11) is 1.60. The molecule has 2 N–H and O–H groups in total. The second-order valence-corrected chi connectivity index (χ2v) is 10.8. The van der Waals surface area contributed by atoms with Crippen LogP contribution in [-0.2, 0) is 20.1 Å². The summed E-state index contributed by atoms with van der Waals surface area (Å²) in [5.41, 5.74) is 7.49. The van der Waals surface area contributed by atoms with Crippen molar-refractivity contribution in [2.75, 3.05) is 6.54 Å². The van der Waals surface area contributed by atoms with Gasteiger partial charge in [-0.15, -0.1) is 10.2 Å². The zero-order valence-electron chi connectivity index (χ0n) is 20.5. The first-order valence-corrected chi connectivity index (χ1v) is 12.0. The number of aromatic nitrogens is 6. The highest BCUT2D eigenvalue weighted by Gasteiger charge is 2.26. The maximum atomic E-state index is 13.6. The zero-order chi connectivity index (χ0) is 25.3. The molecule has 3 aromatic heterocycles. The molecule has 0 saturated heterocycles. The molecular formula is C24H29N7O3S. The third-order valence-corrected chi connectivity index (χ3v) is 6.73. The van der Waals surface area contributed by atoms with E-state index in [1.807, 2.05) is 68.7 Å². The van der Waals surface area contributed by atoms with Crippen molar-refractivity contribution in [2.24, 2.45) is 12.8 Å². The van der Waals surface area contributed by atoms with Gasteiger partial charge in [0, 0.05) is 30.4 Å². The monoisotopic (exact) mass is 495 g/mol. The van der Waals surface area contributed by atoms with E-state index in [9.17, 15) is 9.59 Å². The number of hydrogen-bond donors (Lipinski definition) is 1. The van der Waals surface area contributed by atoms with Crippen molar-refractivity contribution in [1.29, 1.82) is 0 Å². The summed E-state index contributed by atoms with van der Waals surface area (Å²) in [6.07, 6.45) is 2.01. The largest absolute Gasteiger partial charge is 0.419 e. The number of allylic oxidation sites excluding steroid dienone is 2. The Morgan fingerprint density at radius 3 is 2.51 bits per heavy atom. The van der Waals surface area contributed by atoms with Crippen LogP contribution in [0.5, 0.6) is 0 Å². The molecule has 0 aliphatic heterocycles. The molecule has 0 aliphatic rings. The number of aryl methyl sites for hydroxylation is 1. The number of fused-ring (bicyclic) bond motifs is 1. The molecule has 0 fully saturated rings. The predicted octanol–water partition coefficient (Wildman–Crippen LogP) is 2.79. The molecule has 0 amide bonds. The van der Waals surface area contributed by atoms with Crippen molar-refractivity contribution in [3.8, 4) is 11.5 Å². The van der Waals surface area contributed by atoms with Crippen LogP contribution in [-0.4, -0.2) is 40.2 Å². The smallest absolute Gasteiger partial charge is 0.332 e. The topological polar surface area (TPSA) is 127 Å². The highest BCUT2D eigenvalue weighted by atomic mass is 32.2. The van der Waals surface area contributed by atoms with Crippen molar-refractivity contribution in [2.45, 2.75) is 50.7 Å². The van der Waals surface area contributed by atoms with Crippen LogP contribution >= 0.6 is 11.8 Å². The first-order valence-electron chi connectivity index (χ1n) is 11.2. The van der Waals surface area contributed by atoms with Gasteiger partial charge in [-0.05, 0) is 39.8 Å². The molecule has 4 rings (SSSR count). The van der Waals surface area contributed by atoms with Crippen LogP contribution < -0.4 is 17.0 Å². The Balaban J connectivity index is 1.84. The van der Waals surface area contributed by atoms with Crippen LogP contribution in [0.4, 0.5) is 0 Å². The van der Waals surface area contributed by atoms with Crippen LogP contribution in [0.15, 0.2) is 61.1 Å². The van der Waals surface area contributed by atoms with E-state index in [-0.39, 0.29) is 17.2 Å². The third kappa shape index (κ3) is 5.01. The maximum absolute atomic E-state index is 13.6. The van der Waals surface area contributed by atoms with E-state index in [2.05, 4.69) is 15.2 Å². The minimum atomic E-state index is -0.511. The fourth-order valence-corrected chi connectivity index (χ4v) is 4.44. The average molecular weight is 496 g/mol. The number of imidazole rings is 1. The standard InChI is InChI=1S/C24H29N7O3S/c1-15(2)11-12-30-18-19(26-22(30)35-24(3,4)14-25)29(5)23(33)31(21(18)32)13-17-27-28-20(34-17)16-9-7-6-8-10-16/h6-11H,12-14,25H2,1-5H3. The van der Waals surface area contributed by atoms with Gasteiger partial charge in [0.25, 0.3) is 5.56 Å². The van der Waals surface area contributed by atoms with E-state index in [1.165, 1.54) is 16.3 Å². The molecule has 3 heterocycles. The lowest BCUT2D eigenvalue weighted by atomic mass is 10.2. The van der Waals surface area contributed by atoms with E-state index in [1.54, 1.807) is 7.05 Å². The Labute approximate surface area is 206 Å². The third-order valence-electron chi connectivity index (χ3n) is 5.52. The number of hydrogen-bond acceptors (Lipinski definition) is 8. The van der Waals surface area contributed by atoms with Gasteiger partial charge in [0.05, 0.1) is 0 Å². The van der Waals surface area contributed by atoms with E-state index in [0.29, 0.717) is 35.3 Å². The molecular weight excluding hydrogens is 466 g/mol. The highest BCUT2D eigenvalue weighted by Crippen LogP contribution is 2.32. The van der Waals surface area contributed by atoms with E-state index >= 15 is 0 Å². The van der Waals surface area contributed by atoms with Gasteiger partial charge in [0.2, 0.25) is 11.8 Å². The minimum Gasteiger partial charge on any atom is -0.419 e. The Morgan fingerprint density at radius 2 is 1.86 bits per heavy atom. The second kappa shape index (κ2) is 9.67. The number of nitrogens with two attached hydrogens (primary N) is 1. The van der Waals surface area contributed by atoms with Gasteiger partial charge in [0.1, 0.15) is 6.54 Å². The Morgan fingerprint density at radius 1 is 1.14 bits per heavy atom. The summed E-state index contributed by atoms with van der Waals surface area (Å²) in [6, 6.07) is 9.31. The quantitative estimate of drug-likeness (QED) is 0.292. The molecule has 10 nitrogen and oxygen atoms in total. The van der Waals surface area contributed by atoms with Gasteiger partial charge in [-0.25, -0.2) is 14.3 Å². The molecule has 0 unspecified atom stereocenters. The predicted molar refractivity (Wildman–Crippen MR) is 136 cm³/mol. The van der Waals surface area contributed by atoms with Crippen LogP contribution in [0, 0.1) is 0 Å². The normalized spacial score (nSPS) is 11.8. The van der Waals surface area contributed by atoms with Crippen molar-refractivity contribution >= 4 is 22.9 Å². The number of benzene rings is 1. The average Bonchev–Trinajstić information content (AvgIpc) is 3.44. The number of nitrogens with zero attached hydrogens (tertiary/aromatic N) is 6. The summed E-state index contributed by atoms with van der Waals surface area (Å²) in [6.45, 7) is 8.72. The van der Waals surface area contributed by atoms with E-state index in [4.69, 9.17) is 10.2 Å². The van der Waals surface area contributed by atoms with Crippen LogP contribution in [0.25, 0.3) is 22.6 Å². The van der Waals surface area contributed by atoms with Crippen molar-refractivity contribution in [3.05, 3.63) is 68.7 Å². The molecule has 35 heavy (non-hydrogen) atoms. The SMILES string of the molecule is CC(C)=CCn1c(SC(C)(C)CN)nc2c1c(=O)n(Cc1nnc(-c3ccccc3)o1)c(=O)n2C. The minimum absolute atomic E-state index is 0.147. The van der Waals surface area contributed by atoms with Crippen molar-refractivity contribution in [1.82, 2.24) is 28.9 Å². The first-order chi connectivity index (χ1) is 16.6. The summed E-state index contributed by atoms with van der Waals surface area (Å²) < 4.78 is 9.77. The summed E-state index contributed by atoms with van der Waals surface area (Å²) >= 11 is 1.48. The highest BCUT2D eigenvalue weighted by molar-refractivity contribution is 8.00. The molecule has 11 heteroatoms. The lowest BCUT2D eigenvalue weighted by molar-refractivity contribution is 0.474. The van der Waals surface area contributed by atoms with Gasteiger partial charge in [-0.2, -0.15) is 0 Å². The Hall–Kier alpha value is -3.44. The molecule has 0 radical (unpaired) electrons. The van der Waals surface area contributed by atoms with E-state index in [0.717, 1.165) is 15.7 Å². The van der Waals surface area contributed by atoms with E-state index < -0.39 is 11.2 Å².